The number of likely N-dealkylation sites (N-methyl/N-ethyl adjacent to an activating group) is 1. The quantitative estimate of drug-likeness (QED) is 0.613. The van der Waals surface area contributed by atoms with Crippen molar-refractivity contribution < 1.29 is 13.2 Å². The second kappa shape index (κ2) is 6.11. The Morgan fingerprint density at radius 1 is 1.40 bits per heavy atom. The summed E-state index contributed by atoms with van der Waals surface area (Å²) in [4.78, 5) is 0.199. The minimum atomic E-state index is -3.56. The smallest absolute Gasteiger partial charge is 0.245 e. The predicted molar refractivity (Wildman–Crippen MR) is 79.0 cm³/mol. The Balaban J connectivity index is 2.00. The fourth-order valence-electron chi connectivity index (χ4n) is 2.03. The standard InChI is InChI=1S/C14H22N2O3S/c1-11-4-3-5-13(15)14(11)20(17,18)16(2)8-9-19-10-12-6-7-12/h3-5,12H,6-10,15H2,1-2H3. The molecule has 1 aromatic carbocycles. The van der Waals surface area contributed by atoms with Gasteiger partial charge in [0.05, 0.1) is 12.3 Å². The Labute approximate surface area is 120 Å². The Bertz CT molecular complexity index is 548. The molecule has 112 valence electrons. The van der Waals surface area contributed by atoms with Crippen molar-refractivity contribution >= 4 is 15.7 Å². The molecule has 1 fully saturated rings. The third kappa shape index (κ3) is 3.50. The van der Waals surface area contributed by atoms with Crippen LogP contribution in [0.1, 0.15) is 18.4 Å². The molecule has 1 aliphatic carbocycles. The normalized spacial score (nSPS) is 15.8. The summed E-state index contributed by atoms with van der Waals surface area (Å²) in [6.07, 6.45) is 2.46. The lowest BCUT2D eigenvalue weighted by molar-refractivity contribution is 0.117. The number of rotatable bonds is 7. The van der Waals surface area contributed by atoms with Gasteiger partial charge >= 0.3 is 0 Å². The summed E-state index contributed by atoms with van der Waals surface area (Å²) < 4.78 is 31.8. The first-order valence-corrected chi connectivity index (χ1v) is 8.26. The van der Waals surface area contributed by atoms with E-state index in [2.05, 4.69) is 0 Å². The molecule has 0 aromatic heterocycles. The molecule has 20 heavy (non-hydrogen) atoms. The maximum absolute atomic E-state index is 12.5. The molecule has 1 saturated carbocycles. The van der Waals surface area contributed by atoms with Crippen LogP contribution in [0.3, 0.4) is 0 Å². The summed E-state index contributed by atoms with van der Waals surface area (Å²) in [5.41, 5.74) is 6.76. The van der Waals surface area contributed by atoms with Crippen LogP contribution in [0.4, 0.5) is 5.69 Å². The summed E-state index contributed by atoms with van der Waals surface area (Å²) in [5.74, 6) is 0.684. The van der Waals surface area contributed by atoms with Crippen LogP contribution in [0.5, 0.6) is 0 Å². The van der Waals surface area contributed by atoms with Crippen LogP contribution >= 0.6 is 0 Å². The van der Waals surface area contributed by atoms with Gasteiger partial charge in [-0.2, -0.15) is 4.31 Å². The molecule has 1 aromatic rings. The number of hydrogen-bond donors (Lipinski definition) is 1. The van der Waals surface area contributed by atoms with Gasteiger partial charge in [0, 0.05) is 20.2 Å². The van der Waals surface area contributed by atoms with E-state index < -0.39 is 10.0 Å². The number of benzene rings is 1. The van der Waals surface area contributed by atoms with Gasteiger partial charge in [0.1, 0.15) is 4.90 Å². The zero-order chi connectivity index (χ0) is 14.8. The number of nitrogens with zero attached hydrogens (tertiary/aromatic N) is 1. The first-order valence-electron chi connectivity index (χ1n) is 6.82. The largest absolute Gasteiger partial charge is 0.398 e. The van der Waals surface area contributed by atoms with Gasteiger partial charge in [-0.1, -0.05) is 12.1 Å². The number of hydrogen-bond acceptors (Lipinski definition) is 4. The Kier molecular flexibility index (Phi) is 4.67. The molecule has 0 amide bonds. The maximum atomic E-state index is 12.5. The minimum Gasteiger partial charge on any atom is -0.398 e. The van der Waals surface area contributed by atoms with E-state index in [4.69, 9.17) is 10.5 Å². The average molecular weight is 298 g/mol. The molecule has 1 aliphatic rings. The van der Waals surface area contributed by atoms with Crippen LogP contribution in [-0.4, -0.2) is 39.5 Å². The Morgan fingerprint density at radius 2 is 2.10 bits per heavy atom. The fourth-order valence-corrected chi connectivity index (χ4v) is 3.50. The summed E-state index contributed by atoms with van der Waals surface area (Å²) in [6.45, 7) is 3.24. The predicted octanol–water partition coefficient (Wildman–Crippen LogP) is 1.62. The van der Waals surface area contributed by atoms with E-state index in [1.807, 2.05) is 0 Å². The third-order valence-corrected chi connectivity index (χ3v) is 5.59. The van der Waals surface area contributed by atoms with Crippen molar-refractivity contribution in [2.75, 3.05) is 32.5 Å². The van der Waals surface area contributed by atoms with Gasteiger partial charge in [-0.15, -0.1) is 0 Å². The molecule has 2 rings (SSSR count). The van der Waals surface area contributed by atoms with Crippen LogP contribution in [0.2, 0.25) is 0 Å². The number of aryl methyl sites for hydroxylation is 1. The number of nitrogens with two attached hydrogens (primary N) is 1. The van der Waals surface area contributed by atoms with Crippen LogP contribution in [0.15, 0.2) is 23.1 Å². The summed E-state index contributed by atoms with van der Waals surface area (Å²) >= 11 is 0. The molecule has 6 heteroatoms. The molecular formula is C14H22N2O3S. The van der Waals surface area contributed by atoms with E-state index in [1.165, 1.54) is 17.1 Å². The summed E-state index contributed by atoms with van der Waals surface area (Å²) in [6, 6.07) is 5.11. The van der Waals surface area contributed by atoms with Crippen molar-refractivity contribution in [1.82, 2.24) is 4.31 Å². The van der Waals surface area contributed by atoms with E-state index in [9.17, 15) is 8.42 Å². The molecule has 0 saturated heterocycles. The molecular weight excluding hydrogens is 276 g/mol. The fraction of sp³-hybridized carbons (Fsp3) is 0.571. The van der Waals surface area contributed by atoms with E-state index in [-0.39, 0.29) is 10.6 Å². The van der Waals surface area contributed by atoms with E-state index in [0.717, 1.165) is 6.61 Å². The van der Waals surface area contributed by atoms with E-state index >= 15 is 0 Å². The highest BCUT2D eigenvalue weighted by Crippen LogP contribution is 2.29. The SMILES string of the molecule is Cc1cccc(N)c1S(=O)(=O)N(C)CCOCC1CC1. The van der Waals surface area contributed by atoms with Crippen molar-refractivity contribution in [2.45, 2.75) is 24.7 Å². The van der Waals surface area contributed by atoms with Gasteiger partial charge in [-0.3, -0.25) is 0 Å². The molecule has 0 aliphatic heterocycles. The number of anilines is 1. The molecule has 0 bridgehead atoms. The lowest BCUT2D eigenvalue weighted by Crippen LogP contribution is -2.31. The lowest BCUT2D eigenvalue weighted by Gasteiger charge is -2.19. The second-order valence-electron chi connectivity index (χ2n) is 5.34. The molecule has 0 unspecified atom stereocenters. The highest BCUT2D eigenvalue weighted by molar-refractivity contribution is 7.89. The van der Waals surface area contributed by atoms with Crippen LogP contribution in [-0.2, 0) is 14.8 Å². The van der Waals surface area contributed by atoms with Gasteiger partial charge in [-0.25, -0.2) is 8.42 Å². The molecule has 2 N–H and O–H groups in total. The number of nitrogen functional groups attached to an aromatic ring is 1. The van der Waals surface area contributed by atoms with Gasteiger partial charge < -0.3 is 10.5 Å². The Hall–Kier alpha value is -1.11. The van der Waals surface area contributed by atoms with Crippen molar-refractivity contribution in [2.24, 2.45) is 5.92 Å². The highest BCUT2D eigenvalue weighted by Gasteiger charge is 2.25. The molecule has 0 atom stereocenters. The summed E-state index contributed by atoms with van der Waals surface area (Å²) in [5, 5.41) is 0. The monoisotopic (exact) mass is 298 g/mol. The van der Waals surface area contributed by atoms with Crippen molar-refractivity contribution in [3.63, 3.8) is 0 Å². The van der Waals surface area contributed by atoms with Gasteiger partial charge in [0.15, 0.2) is 0 Å². The van der Waals surface area contributed by atoms with Crippen molar-refractivity contribution in [3.05, 3.63) is 23.8 Å². The zero-order valence-corrected chi connectivity index (χ0v) is 12.8. The maximum Gasteiger partial charge on any atom is 0.245 e. The number of ether oxygens (including phenoxy) is 1. The van der Waals surface area contributed by atoms with Crippen LogP contribution < -0.4 is 5.73 Å². The molecule has 0 heterocycles. The van der Waals surface area contributed by atoms with Crippen LogP contribution in [0.25, 0.3) is 0 Å². The first kappa shape index (κ1) is 15.3. The summed E-state index contributed by atoms with van der Waals surface area (Å²) in [7, 11) is -2.00. The number of sulfonamides is 1. The molecule has 0 spiro atoms. The van der Waals surface area contributed by atoms with Gasteiger partial charge in [-0.05, 0) is 37.3 Å². The highest BCUT2D eigenvalue weighted by atomic mass is 32.2. The second-order valence-corrected chi connectivity index (χ2v) is 7.32. The molecule has 0 radical (unpaired) electrons. The van der Waals surface area contributed by atoms with E-state index in [1.54, 1.807) is 32.2 Å². The van der Waals surface area contributed by atoms with Crippen LogP contribution in [0, 0.1) is 12.8 Å². The Morgan fingerprint density at radius 3 is 2.70 bits per heavy atom. The first-order chi connectivity index (χ1) is 9.43. The topological polar surface area (TPSA) is 72.6 Å². The average Bonchev–Trinajstić information content (AvgIpc) is 3.17. The van der Waals surface area contributed by atoms with Crippen molar-refractivity contribution in [1.29, 1.82) is 0 Å². The lowest BCUT2D eigenvalue weighted by atomic mass is 10.2. The third-order valence-electron chi connectivity index (χ3n) is 3.51. The van der Waals surface area contributed by atoms with Gasteiger partial charge in [0.25, 0.3) is 0 Å². The molecule has 5 nitrogen and oxygen atoms in total. The minimum absolute atomic E-state index is 0.199. The zero-order valence-electron chi connectivity index (χ0n) is 12.0. The van der Waals surface area contributed by atoms with Crippen molar-refractivity contribution in [3.8, 4) is 0 Å². The van der Waals surface area contributed by atoms with Gasteiger partial charge in [0.2, 0.25) is 10.0 Å². The van der Waals surface area contributed by atoms with E-state index in [0.29, 0.717) is 24.6 Å².